The van der Waals surface area contributed by atoms with E-state index < -0.39 is 20.7 Å². The van der Waals surface area contributed by atoms with Crippen LogP contribution < -0.4 is 0 Å². The van der Waals surface area contributed by atoms with Gasteiger partial charge in [0.25, 0.3) is 0 Å². The van der Waals surface area contributed by atoms with Crippen molar-refractivity contribution >= 4 is 26.9 Å². The second kappa shape index (κ2) is 5.47. The number of halogens is 1. The molecule has 2 rings (SSSR count). The predicted molar refractivity (Wildman–Crippen MR) is 79.0 cm³/mol. The monoisotopic (exact) mass is 315 g/mol. The van der Waals surface area contributed by atoms with Gasteiger partial charge in [-0.3, -0.25) is 4.79 Å². The summed E-state index contributed by atoms with van der Waals surface area (Å²) in [5.74, 6) is -0.259. The van der Waals surface area contributed by atoms with Crippen molar-refractivity contribution in [2.75, 3.05) is 12.3 Å². The highest BCUT2D eigenvalue weighted by molar-refractivity contribution is 7.89. The number of carbonyl (C=O) groups excluding carboxylic acids is 1. The minimum atomic E-state index is -3.50. The van der Waals surface area contributed by atoms with E-state index >= 15 is 0 Å². The van der Waals surface area contributed by atoms with E-state index in [4.69, 9.17) is 11.6 Å². The van der Waals surface area contributed by atoms with Crippen molar-refractivity contribution in [2.24, 2.45) is 5.41 Å². The zero-order valence-electron chi connectivity index (χ0n) is 11.6. The topological polar surface area (TPSA) is 54.5 Å². The number of fused-ring (bicyclic) bond motifs is 1. The number of sulfonamides is 1. The Morgan fingerprint density at radius 1 is 1.30 bits per heavy atom. The summed E-state index contributed by atoms with van der Waals surface area (Å²) in [6.07, 6.45) is 0.699. The molecule has 1 aliphatic heterocycles. The Labute approximate surface area is 124 Å². The number of benzene rings is 1. The summed E-state index contributed by atoms with van der Waals surface area (Å²) in [6.45, 7) is 3.92. The zero-order valence-corrected chi connectivity index (χ0v) is 13.2. The molecule has 1 heterocycles. The molecule has 0 saturated heterocycles. The molecule has 110 valence electrons. The van der Waals surface area contributed by atoms with Crippen molar-refractivity contribution in [3.05, 3.63) is 35.4 Å². The molecule has 1 aromatic carbocycles. The van der Waals surface area contributed by atoms with E-state index in [1.165, 1.54) is 9.87 Å². The second-order valence-electron chi connectivity index (χ2n) is 5.77. The van der Waals surface area contributed by atoms with Crippen LogP contribution >= 0.6 is 11.6 Å². The van der Waals surface area contributed by atoms with Crippen LogP contribution in [-0.4, -0.2) is 30.3 Å². The van der Waals surface area contributed by atoms with Crippen LogP contribution in [0.4, 0.5) is 0 Å². The summed E-state index contributed by atoms with van der Waals surface area (Å²) in [5, 5.41) is -0.626. The van der Waals surface area contributed by atoms with E-state index in [1.54, 1.807) is 13.8 Å². The highest BCUT2D eigenvalue weighted by Crippen LogP contribution is 2.26. The van der Waals surface area contributed by atoms with E-state index in [0.717, 1.165) is 5.56 Å². The number of rotatable bonds is 4. The second-order valence-corrected chi connectivity index (χ2v) is 8.08. The normalized spacial score (nSPS) is 16.8. The van der Waals surface area contributed by atoms with Gasteiger partial charge < -0.3 is 0 Å². The maximum Gasteiger partial charge on any atom is 0.228 e. The van der Waals surface area contributed by atoms with Crippen molar-refractivity contribution in [1.29, 1.82) is 0 Å². The van der Waals surface area contributed by atoms with Gasteiger partial charge in [-0.1, -0.05) is 38.1 Å². The van der Waals surface area contributed by atoms with Crippen LogP contribution in [0.3, 0.4) is 0 Å². The fourth-order valence-electron chi connectivity index (χ4n) is 2.31. The lowest BCUT2D eigenvalue weighted by Gasteiger charge is -2.30. The molecule has 4 nitrogen and oxygen atoms in total. The third-order valence-electron chi connectivity index (χ3n) is 3.56. The SMILES string of the molecule is CC(C)(CS(=O)(=O)N1CCc2ccccc2C1)C(=O)Cl. The molecule has 0 saturated carbocycles. The smallest absolute Gasteiger partial charge is 0.228 e. The molecule has 0 amide bonds. The van der Waals surface area contributed by atoms with Crippen LogP contribution in [-0.2, 0) is 27.8 Å². The Balaban J connectivity index is 2.19. The Hall–Kier alpha value is -0.910. The van der Waals surface area contributed by atoms with Gasteiger partial charge in [-0.2, -0.15) is 4.31 Å². The summed E-state index contributed by atoms with van der Waals surface area (Å²) in [7, 11) is -3.50. The van der Waals surface area contributed by atoms with Gasteiger partial charge in [0.05, 0.1) is 11.2 Å². The first-order valence-electron chi connectivity index (χ1n) is 6.47. The zero-order chi connectivity index (χ0) is 15.0. The Morgan fingerprint density at radius 2 is 1.90 bits per heavy atom. The Bertz CT molecular complexity index is 625. The molecular weight excluding hydrogens is 298 g/mol. The summed E-state index contributed by atoms with van der Waals surface area (Å²) in [6, 6.07) is 7.82. The summed E-state index contributed by atoms with van der Waals surface area (Å²) in [4.78, 5) is 11.3. The fraction of sp³-hybridized carbons (Fsp3) is 0.500. The van der Waals surface area contributed by atoms with E-state index in [2.05, 4.69) is 0 Å². The van der Waals surface area contributed by atoms with Crippen molar-refractivity contribution < 1.29 is 13.2 Å². The molecule has 0 aromatic heterocycles. The van der Waals surface area contributed by atoms with E-state index in [-0.39, 0.29) is 5.75 Å². The van der Waals surface area contributed by atoms with Gasteiger partial charge in [-0.05, 0) is 29.1 Å². The lowest BCUT2D eigenvalue weighted by molar-refractivity contribution is -0.118. The van der Waals surface area contributed by atoms with Gasteiger partial charge >= 0.3 is 0 Å². The molecular formula is C14H18ClNO3S. The average Bonchev–Trinajstić information content (AvgIpc) is 2.36. The number of hydrogen-bond donors (Lipinski definition) is 0. The minimum absolute atomic E-state index is 0.259. The first kappa shape index (κ1) is 15.5. The average molecular weight is 316 g/mol. The largest absolute Gasteiger partial charge is 0.281 e. The third-order valence-corrected chi connectivity index (χ3v) is 6.26. The van der Waals surface area contributed by atoms with Gasteiger partial charge in [-0.15, -0.1) is 0 Å². The maximum atomic E-state index is 12.4. The quantitative estimate of drug-likeness (QED) is 0.800. The number of carbonyl (C=O) groups is 1. The molecule has 0 unspecified atom stereocenters. The summed E-state index contributed by atoms with van der Waals surface area (Å²) in [5.41, 5.74) is 1.14. The molecule has 0 N–H and O–H groups in total. The Morgan fingerprint density at radius 3 is 2.50 bits per heavy atom. The van der Waals surface area contributed by atoms with E-state index in [1.807, 2.05) is 24.3 Å². The standard InChI is InChI=1S/C14H18ClNO3S/c1-14(2,13(15)17)10-20(18,19)16-8-7-11-5-3-4-6-12(11)9-16/h3-6H,7-10H2,1-2H3. The van der Waals surface area contributed by atoms with Crippen molar-refractivity contribution in [3.8, 4) is 0 Å². The third kappa shape index (κ3) is 3.22. The summed E-state index contributed by atoms with van der Waals surface area (Å²) >= 11 is 5.47. The molecule has 20 heavy (non-hydrogen) atoms. The van der Waals surface area contributed by atoms with Crippen molar-refractivity contribution in [1.82, 2.24) is 4.31 Å². The molecule has 1 aromatic rings. The molecule has 0 aliphatic carbocycles. The number of hydrogen-bond acceptors (Lipinski definition) is 3. The molecule has 0 spiro atoms. The van der Waals surface area contributed by atoms with Gasteiger partial charge in [0, 0.05) is 13.1 Å². The molecule has 0 bridgehead atoms. The van der Waals surface area contributed by atoms with Crippen LogP contribution in [0.5, 0.6) is 0 Å². The van der Waals surface area contributed by atoms with Gasteiger partial charge in [0.1, 0.15) is 0 Å². The van der Waals surface area contributed by atoms with Crippen LogP contribution in [0.15, 0.2) is 24.3 Å². The van der Waals surface area contributed by atoms with Crippen LogP contribution in [0.1, 0.15) is 25.0 Å². The van der Waals surface area contributed by atoms with E-state index in [0.29, 0.717) is 19.5 Å². The molecule has 0 radical (unpaired) electrons. The van der Waals surface area contributed by atoms with Gasteiger partial charge in [0.2, 0.25) is 15.3 Å². The first-order valence-corrected chi connectivity index (χ1v) is 8.46. The molecule has 1 aliphatic rings. The predicted octanol–water partition coefficient (Wildman–Crippen LogP) is 2.17. The van der Waals surface area contributed by atoms with Crippen molar-refractivity contribution in [2.45, 2.75) is 26.8 Å². The fourth-order valence-corrected chi connectivity index (χ4v) is 4.39. The van der Waals surface area contributed by atoms with Crippen LogP contribution in [0.25, 0.3) is 0 Å². The highest BCUT2D eigenvalue weighted by atomic mass is 35.5. The maximum absolute atomic E-state index is 12.4. The van der Waals surface area contributed by atoms with Crippen LogP contribution in [0, 0.1) is 5.41 Å². The molecule has 0 atom stereocenters. The van der Waals surface area contributed by atoms with Crippen LogP contribution in [0.2, 0.25) is 0 Å². The lowest BCUT2D eigenvalue weighted by atomic mass is 9.99. The minimum Gasteiger partial charge on any atom is -0.281 e. The molecule has 0 fully saturated rings. The van der Waals surface area contributed by atoms with Gasteiger partial charge in [0.15, 0.2) is 0 Å². The van der Waals surface area contributed by atoms with Crippen molar-refractivity contribution in [3.63, 3.8) is 0 Å². The van der Waals surface area contributed by atoms with E-state index in [9.17, 15) is 13.2 Å². The van der Waals surface area contributed by atoms with Gasteiger partial charge in [-0.25, -0.2) is 8.42 Å². The lowest BCUT2D eigenvalue weighted by Crippen LogP contribution is -2.42. The molecule has 6 heteroatoms. The first-order chi connectivity index (χ1) is 9.22. The Kier molecular flexibility index (Phi) is 4.23. The summed E-state index contributed by atoms with van der Waals surface area (Å²) < 4.78 is 26.3. The highest BCUT2D eigenvalue weighted by Gasteiger charge is 2.36. The number of nitrogens with zero attached hydrogens (tertiary/aromatic N) is 1.